The van der Waals surface area contributed by atoms with E-state index in [0.717, 1.165) is 5.69 Å². The molecule has 2 N–H and O–H groups in total. The van der Waals surface area contributed by atoms with E-state index in [2.05, 4.69) is 15.6 Å². The van der Waals surface area contributed by atoms with Crippen LogP contribution in [0, 0.1) is 0 Å². The van der Waals surface area contributed by atoms with E-state index in [1.807, 2.05) is 6.07 Å². The monoisotopic (exact) mass is 327 g/mol. The molecule has 0 saturated heterocycles. The van der Waals surface area contributed by atoms with Crippen molar-refractivity contribution in [2.75, 3.05) is 17.7 Å². The van der Waals surface area contributed by atoms with Gasteiger partial charge in [-0.3, -0.25) is 0 Å². The summed E-state index contributed by atoms with van der Waals surface area (Å²) in [5.74, 6) is 0.537. The number of pyridine rings is 1. The predicted octanol–water partition coefficient (Wildman–Crippen LogP) is 4.21. The van der Waals surface area contributed by atoms with Gasteiger partial charge in [-0.15, -0.1) is 0 Å². The van der Waals surface area contributed by atoms with Gasteiger partial charge in [-0.05, 0) is 36.5 Å². The van der Waals surface area contributed by atoms with Crippen molar-refractivity contribution in [2.24, 2.45) is 0 Å². The van der Waals surface area contributed by atoms with Crippen LogP contribution in [0.25, 0.3) is 0 Å². The van der Waals surface area contributed by atoms with Gasteiger partial charge in [0.05, 0.1) is 29.7 Å². The molecule has 7 heteroatoms. The van der Waals surface area contributed by atoms with Crippen molar-refractivity contribution in [3.05, 3.63) is 46.6 Å². The summed E-state index contributed by atoms with van der Waals surface area (Å²) < 4.78 is 4.98. The Morgan fingerprint density at radius 3 is 2.60 bits per heavy atom. The Labute approximate surface area is 132 Å². The number of rotatable bonds is 3. The first kappa shape index (κ1) is 14.8. The van der Waals surface area contributed by atoms with Gasteiger partial charge in [-0.1, -0.05) is 23.2 Å². The van der Waals surface area contributed by atoms with Crippen LogP contribution in [0.4, 0.5) is 11.4 Å². The van der Waals surface area contributed by atoms with E-state index in [0.29, 0.717) is 26.7 Å². The molecule has 20 heavy (non-hydrogen) atoms. The highest BCUT2D eigenvalue weighted by molar-refractivity contribution is 7.80. The van der Waals surface area contributed by atoms with Crippen LogP contribution in [0.2, 0.25) is 10.0 Å². The molecule has 1 heterocycles. The van der Waals surface area contributed by atoms with Gasteiger partial charge >= 0.3 is 0 Å². The maximum atomic E-state index is 6.05. The highest BCUT2D eigenvalue weighted by Gasteiger charge is 2.04. The molecule has 104 valence electrons. The molecule has 0 radical (unpaired) electrons. The van der Waals surface area contributed by atoms with E-state index in [1.165, 1.54) is 0 Å². The fourth-order valence-electron chi connectivity index (χ4n) is 1.45. The van der Waals surface area contributed by atoms with Gasteiger partial charge in [0.25, 0.3) is 0 Å². The Balaban J connectivity index is 2.01. The van der Waals surface area contributed by atoms with Crippen LogP contribution in [-0.4, -0.2) is 17.2 Å². The molecule has 0 unspecified atom stereocenters. The number of hydrogen-bond donors (Lipinski definition) is 2. The second kappa shape index (κ2) is 6.74. The summed E-state index contributed by atoms with van der Waals surface area (Å²) in [7, 11) is 1.56. The van der Waals surface area contributed by atoms with Crippen LogP contribution in [-0.2, 0) is 0 Å². The number of anilines is 2. The zero-order chi connectivity index (χ0) is 14.5. The standard InChI is InChI=1S/C13H11Cl2N3OS/c1-19-12-5-3-9(7-16-12)17-13(20)18-11-4-2-8(14)6-10(11)15/h2-7H,1H3,(H2,17,18,20). The highest BCUT2D eigenvalue weighted by atomic mass is 35.5. The smallest absolute Gasteiger partial charge is 0.213 e. The lowest BCUT2D eigenvalue weighted by molar-refractivity contribution is 0.398. The number of hydrogen-bond acceptors (Lipinski definition) is 3. The summed E-state index contributed by atoms with van der Waals surface area (Å²) in [6.07, 6.45) is 1.62. The molecular weight excluding hydrogens is 317 g/mol. The van der Waals surface area contributed by atoms with Crippen LogP contribution < -0.4 is 15.4 Å². The lowest BCUT2D eigenvalue weighted by Crippen LogP contribution is -2.19. The van der Waals surface area contributed by atoms with Gasteiger partial charge < -0.3 is 15.4 Å². The molecule has 0 atom stereocenters. The van der Waals surface area contributed by atoms with E-state index in [-0.39, 0.29) is 0 Å². The summed E-state index contributed by atoms with van der Waals surface area (Å²) in [4.78, 5) is 4.07. The third-order valence-corrected chi connectivity index (χ3v) is 3.13. The van der Waals surface area contributed by atoms with Crippen LogP contribution in [0.3, 0.4) is 0 Å². The van der Waals surface area contributed by atoms with Crippen molar-refractivity contribution in [2.45, 2.75) is 0 Å². The maximum Gasteiger partial charge on any atom is 0.213 e. The van der Waals surface area contributed by atoms with E-state index in [1.54, 1.807) is 37.6 Å². The Morgan fingerprint density at radius 1 is 1.20 bits per heavy atom. The first-order valence-corrected chi connectivity index (χ1v) is 6.78. The van der Waals surface area contributed by atoms with Gasteiger partial charge in [0.1, 0.15) is 0 Å². The SMILES string of the molecule is COc1ccc(NC(=S)Nc2ccc(Cl)cc2Cl)cn1. The Morgan fingerprint density at radius 2 is 2.00 bits per heavy atom. The lowest BCUT2D eigenvalue weighted by Gasteiger charge is -2.11. The fourth-order valence-corrected chi connectivity index (χ4v) is 2.13. The quantitative estimate of drug-likeness (QED) is 0.827. The summed E-state index contributed by atoms with van der Waals surface area (Å²) in [6, 6.07) is 8.67. The van der Waals surface area contributed by atoms with E-state index >= 15 is 0 Å². The minimum absolute atomic E-state index is 0.404. The summed E-state index contributed by atoms with van der Waals surface area (Å²) in [5.41, 5.74) is 1.42. The van der Waals surface area contributed by atoms with E-state index in [4.69, 9.17) is 40.2 Å². The normalized spacial score (nSPS) is 9.95. The van der Waals surface area contributed by atoms with E-state index < -0.39 is 0 Å². The number of halogens is 2. The predicted molar refractivity (Wildman–Crippen MR) is 87.1 cm³/mol. The average Bonchev–Trinajstić information content (AvgIpc) is 2.43. The largest absolute Gasteiger partial charge is 0.481 e. The highest BCUT2D eigenvalue weighted by Crippen LogP contribution is 2.25. The summed E-state index contributed by atoms with van der Waals surface area (Å²) in [5, 5.41) is 7.45. The zero-order valence-electron chi connectivity index (χ0n) is 10.5. The molecule has 0 spiro atoms. The molecule has 2 aromatic rings. The zero-order valence-corrected chi connectivity index (χ0v) is 12.8. The molecule has 0 saturated carbocycles. The first-order valence-electron chi connectivity index (χ1n) is 5.61. The number of benzene rings is 1. The third kappa shape index (κ3) is 3.96. The van der Waals surface area contributed by atoms with Crippen LogP contribution in [0.1, 0.15) is 0 Å². The van der Waals surface area contributed by atoms with Crippen molar-refractivity contribution in [3.8, 4) is 5.88 Å². The summed E-state index contributed by atoms with van der Waals surface area (Å²) in [6.45, 7) is 0. The van der Waals surface area contributed by atoms with Crippen LogP contribution >= 0.6 is 35.4 Å². The first-order chi connectivity index (χ1) is 9.58. The van der Waals surface area contributed by atoms with Crippen LogP contribution in [0.15, 0.2) is 36.5 Å². The number of aromatic nitrogens is 1. The molecule has 0 bridgehead atoms. The molecule has 0 amide bonds. The third-order valence-electron chi connectivity index (χ3n) is 2.38. The van der Waals surface area contributed by atoms with Crippen molar-refractivity contribution in [1.82, 2.24) is 4.98 Å². The van der Waals surface area contributed by atoms with Gasteiger partial charge in [-0.2, -0.15) is 0 Å². The average molecular weight is 328 g/mol. The molecule has 1 aromatic heterocycles. The molecule has 0 aliphatic rings. The Hall–Kier alpha value is -1.56. The molecule has 1 aromatic carbocycles. The van der Waals surface area contributed by atoms with Crippen molar-refractivity contribution in [1.29, 1.82) is 0 Å². The number of ether oxygens (including phenoxy) is 1. The lowest BCUT2D eigenvalue weighted by atomic mass is 10.3. The second-order valence-electron chi connectivity index (χ2n) is 3.79. The molecule has 0 aliphatic heterocycles. The van der Waals surface area contributed by atoms with Crippen molar-refractivity contribution >= 4 is 51.9 Å². The number of nitrogens with one attached hydrogen (secondary N) is 2. The van der Waals surface area contributed by atoms with Gasteiger partial charge in [0.2, 0.25) is 5.88 Å². The molecular formula is C13H11Cl2N3OS. The van der Waals surface area contributed by atoms with Crippen LogP contribution in [0.5, 0.6) is 5.88 Å². The number of thiocarbonyl (C=S) groups is 1. The molecule has 0 fully saturated rings. The number of nitrogens with zero attached hydrogens (tertiary/aromatic N) is 1. The van der Waals surface area contributed by atoms with E-state index in [9.17, 15) is 0 Å². The maximum absolute atomic E-state index is 6.05. The summed E-state index contributed by atoms with van der Waals surface area (Å²) >= 11 is 17.1. The topological polar surface area (TPSA) is 46.2 Å². The van der Waals surface area contributed by atoms with Crippen molar-refractivity contribution < 1.29 is 4.74 Å². The molecule has 0 aliphatic carbocycles. The van der Waals surface area contributed by atoms with Crippen molar-refractivity contribution in [3.63, 3.8) is 0 Å². The molecule has 4 nitrogen and oxygen atoms in total. The van der Waals surface area contributed by atoms with Gasteiger partial charge in [0.15, 0.2) is 5.11 Å². The molecule has 2 rings (SSSR count). The minimum Gasteiger partial charge on any atom is -0.481 e. The minimum atomic E-state index is 0.404. The Kier molecular flexibility index (Phi) is 5.00. The number of methoxy groups -OCH3 is 1. The Bertz CT molecular complexity index is 620. The van der Waals surface area contributed by atoms with Gasteiger partial charge in [0, 0.05) is 11.1 Å². The fraction of sp³-hybridized carbons (Fsp3) is 0.0769. The second-order valence-corrected chi connectivity index (χ2v) is 5.04. The van der Waals surface area contributed by atoms with Gasteiger partial charge in [-0.25, -0.2) is 4.98 Å².